The number of nitrogens with two attached hydrogens (primary N) is 1. The van der Waals surface area contributed by atoms with Crippen LogP contribution in [0.5, 0.6) is 0 Å². The van der Waals surface area contributed by atoms with Gasteiger partial charge in [-0.2, -0.15) is 4.31 Å². The third-order valence-electron chi connectivity index (χ3n) is 3.58. The number of hydrogen-bond donors (Lipinski definition) is 2. The van der Waals surface area contributed by atoms with Crippen molar-refractivity contribution in [3.63, 3.8) is 0 Å². The third kappa shape index (κ3) is 2.96. The lowest BCUT2D eigenvalue weighted by Gasteiger charge is -2.38. The van der Waals surface area contributed by atoms with Crippen molar-refractivity contribution in [1.29, 1.82) is 5.41 Å². The molecular formula is C12H20N4O3S. The fourth-order valence-electron chi connectivity index (χ4n) is 2.23. The summed E-state index contributed by atoms with van der Waals surface area (Å²) in [7, 11) is -3.13. The van der Waals surface area contributed by atoms with E-state index in [4.69, 9.17) is 15.9 Å². The molecule has 0 aliphatic carbocycles. The van der Waals surface area contributed by atoms with Crippen molar-refractivity contribution >= 4 is 15.9 Å². The Hall–Kier alpha value is -1.54. The molecule has 2 aliphatic rings. The Morgan fingerprint density at radius 3 is 2.50 bits per heavy atom. The summed E-state index contributed by atoms with van der Waals surface area (Å²) in [6.07, 6.45) is 6.36. The van der Waals surface area contributed by atoms with Gasteiger partial charge in [-0.3, -0.25) is 5.41 Å². The molecule has 2 aliphatic heterocycles. The molecule has 2 heterocycles. The average Bonchev–Trinajstić information content (AvgIpc) is 2.38. The number of piperazine rings is 1. The Morgan fingerprint density at radius 2 is 2.00 bits per heavy atom. The molecule has 0 aromatic carbocycles. The molecule has 8 heteroatoms. The van der Waals surface area contributed by atoms with Crippen LogP contribution in [0.4, 0.5) is 0 Å². The maximum absolute atomic E-state index is 11.5. The minimum Gasteiger partial charge on any atom is -0.483 e. The molecule has 112 valence electrons. The van der Waals surface area contributed by atoms with Crippen LogP contribution >= 0.6 is 0 Å². The fourth-order valence-corrected chi connectivity index (χ4v) is 3.05. The van der Waals surface area contributed by atoms with Crippen molar-refractivity contribution in [3.8, 4) is 0 Å². The highest BCUT2D eigenvalue weighted by molar-refractivity contribution is 7.88. The first-order valence-corrected chi connectivity index (χ1v) is 8.19. The van der Waals surface area contributed by atoms with Gasteiger partial charge < -0.3 is 15.4 Å². The first kappa shape index (κ1) is 14.9. The van der Waals surface area contributed by atoms with Crippen molar-refractivity contribution in [2.45, 2.75) is 12.5 Å². The van der Waals surface area contributed by atoms with Crippen LogP contribution in [0.3, 0.4) is 0 Å². The molecule has 0 saturated carbocycles. The van der Waals surface area contributed by atoms with E-state index in [1.54, 1.807) is 19.1 Å². The van der Waals surface area contributed by atoms with Crippen LogP contribution in [0.2, 0.25) is 0 Å². The second-order valence-electron chi connectivity index (χ2n) is 5.16. The molecule has 0 spiro atoms. The van der Waals surface area contributed by atoms with Crippen LogP contribution in [0.1, 0.15) is 6.92 Å². The van der Waals surface area contributed by atoms with Gasteiger partial charge in [0, 0.05) is 31.9 Å². The predicted molar refractivity (Wildman–Crippen MR) is 76.6 cm³/mol. The number of rotatable bonds is 3. The maximum atomic E-state index is 11.5. The highest BCUT2D eigenvalue weighted by Gasteiger charge is 2.31. The zero-order chi connectivity index (χ0) is 15.0. The van der Waals surface area contributed by atoms with Gasteiger partial charge in [0.05, 0.1) is 12.5 Å². The Labute approximate surface area is 119 Å². The molecule has 0 aromatic heterocycles. The minimum atomic E-state index is -3.13. The molecule has 1 unspecified atom stereocenters. The van der Waals surface area contributed by atoms with E-state index >= 15 is 0 Å². The van der Waals surface area contributed by atoms with Crippen molar-refractivity contribution in [2.75, 3.05) is 32.4 Å². The number of nitrogens with one attached hydrogen (secondary N) is 1. The lowest BCUT2D eigenvalue weighted by molar-refractivity contribution is 0.135. The topological polar surface area (TPSA) is 99.7 Å². The number of ether oxygens (including phenoxy) is 1. The standard InChI is InChI=1S/C12H20N4O3S/c1-12(11(13)14)9-10(3-8-19-12)15-4-6-16(7-5-15)20(2,17)18/h3,8-9H,4-7H2,1-2H3,(H3,13,14). The Kier molecular flexibility index (Phi) is 3.79. The van der Waals surface area contributed by atoms with E-state index in [1.165, 1.54) is 16.8 Å². The molecule has 7 nitrogen and oxygen atoms in total. The molecule has 1 saturated heterocycles. The number of nitrogens with zero attached hydrogens (tertiary/aromatic N) is 2. The molecule has 1 atom stereocenters. The van der Waals surface area contributed by atoms with E-state index < -0.39 is 15.6 Å². The van der Waals surface area contributed by atoms with Crippen LogP contribution in [0, 0.1) is 5.41 Å². The smallest absolute Gasteiger partial charge is 0.211 e. The van der Waals surface area contributed by atoms with Crippen molar-refractivity contribution < 1.29 is 13.2 Å². The third-order valence-corrected chi connectivity index (χ3v) is 4.89. The van der Waals surface area contributed by atoms with Gasteiger partial charge in [0.25, 0.3) is 0 Å². The van der Waals surface area contributed by atoms with Crippen LogP contribution in [-0.4, -0.2) is 61.5 Å². The van der Waals surface area contributed by atoms with Gasteiger partial charge in [-0.1, -0.05) is 0 Å². The van der Waals surface area contributed by atoms with Gasteiger partial charge in [0.1, 0.15) is 5.84 Å². The van der Waals surface area contributed by atoms with Gasteiger partial charge in [-0.25, -0.2) is 8.42 Å². The molecule has 2 rings (SSSR count). The van der Waals surface area contributed by atoms with Gasteiger partial charge in [0.15, 0.2) is 5.60 Å². The highest BCUT2D eigenvalue weighted by atomic mass is 32.2. The summed E-state index contributed by atoms with van der Waals surface area (Å²) in [5.74, 6) is -0.0610. The van der Waals surface area contributed by atoms with E-state index in [0.717, 1.165) is 5.70 Å². The predicted octanol–water partition coefficient (Wildman–Crippen LogP) is -0.314. The summed E-state index contributed by atoms with van der Waals surface area (Å²) in [6.45, 7) is 3.86. The molecule has 3 N–H and O–H groups in total. The van der Waals surface area contributed by atoms with Crippen LogP contribution in [-0.2, 0) is 14.8 Å². The van der Waals surface area contributed by atoms with E-state index in [0.29, 0.717) is 26.2 Å². The summed E-state index contributed by atoms with van der Waals surface area (Å²) in [5, 5.41) is 7.57. The van der Waals surface area contributed by atoms with Crippen LogP contribution in [0.25, 0.3) is 0 Å². The van der Waals surface area contributed by atoms with Crippen molar-refractivity contribution in [1.82, 2.24) is 9.21 Å². The van der Waals surface area contributed by atoms with Gasteiger partial charge in [0.2, 0.25) is 10.0 Å². The largest absolute Gasteiger partial charge is 0.483 e. The van der Waals surface area contributed by atoms with Crippen LogP contribution < -0.4 is 5.73 Å². The van der Waals surface area contributed by atoms with Gasteiger partial charge >= 0.3 is 0 Å². The lowest BCUT2D eigenvalue weighted by Crippen LogP contribution is -2.49. The summed E-state index contributed by atoms with van der Waals surface area (Å²) in [6, 6.07) is 0. The van der Waals surface area contributed by atoms with Gasteiger partial charge in [-0.05, 0) is 19.1 Å². The van der Waals surface area contributed by atoms with E-state index in [-0.39, 0.29) is 5.84 Å². The number of hydrogen-bond acceptors (Lipinski definition) is 5. The Bertz CT molecular complexity index is 561. The summed E-state index contributed by atoms with van der Waals surface area (Å²) < 4.78 is 29.8. The molecule has 20 heavy (non-hydrogen) atoms. The molecule has 1 fully saturated rings. The molecule has 0 aromatic rings. The first-order chi connectivity index (χ1) is 9.22. The zero-order valence-corrected chi connectivity index (χ0v) is 12.5. The molecule has 0 bridgehead atoms. The van der Waals surface area contributed by atoms with E-state index in [1.807, 2.05) is 0 Å². The van der Waals surface area contributed by atoms with Crippen LogP contribution in [0.15, 0.2) is 24.1 Å². The first-order valence-electron chi connectivity index (χ1n) is 6.34. The number of allylic oxidation sites excluding steroid dienone is 1. The molecular weight excluding hydrogens is 280 g/mol. The second-order valence-corrected chi connectivity index (χ2v) is 7.14. The van der Waals surface area contributed by atoms with E-state index in [9.17, 15) is 8.42 Å². The number of amidine groups is 1. The summed E-state index contributed by atoms with van der Waals surface area (Å²) in [4.78, 5) is 2.07. The van der Waals surface area contributed by atoms with Gasteiger partial charge in [-0.15, -0.1) is 0 Å². The monoisotopic (exact) mass is 300 g/mol. The quantitative estimate of drug-likeness (QED) is 0.550. The minimum absolute atomic E-state index is 0.0610. The Morgan fingerprint density at radius 1 is 1.40 bits per heavy atom. The average molecular weight is 300 g/mol. The lowest BCUT2D eigenvalue weighted by atomic mass is 10.0. The fraction of sp³-hybridized carbons (Fsp3) is 0.583. The van der Waals surface area contributed by atoms with Crippen molar-refractivity contribution in [3.05, 3.63) is 24.1 Å². The Balaban J connectivity index is 2.09. The highest BCUT2D eigenvalue weighted by Crippen LogP contribution is 2.24. The SMILES string of the molecule is CC1(C(=N)N)C=C(N2CCN(S(C)(=O)=O)CC2)C=CO1. The zero-order valence-electron chi connectivity index (χ0n) is 11.7. The normalized spacial score (nSPS) is 27.9. The van der Waals surface area contributed by atoms with E-state index in [2.05, 4.69) is 4.90 Å². The molecule has 0 radical (unpaired) electrons. The summed E-state index contributed by atoms with van der Waals surface area (Å²) >= 11 is 0. The molecule has 0 amide bonds. The second kappa shape index (κ2) is 5.10. The number of sulfonamides is 1. The van der Waals surface area contributed by atoms with Crippen molar-refractivity contribution in [2.24, 2.45) is 5.73 Å². The maximum Gasteiger partial charge on any atom is 0.211 e. The summed E-state index contributed by atoms with van der Waals surface area (Å²) in [5.41, 5.74) is 5.52.